The van der Waals surface area contributed by atoms with E-state index in [9.17, 15) is 4.79 Å². The fourth-order valence-corrected chi connectivity index (χ4v) is 3.69. The molecule has 0 bridgehead atoms. The van der Waals surface area contributed by atoms with Crippen molar-refractivity contribution in [3.8, 4) is 5.75 Å². The van der Waals surface area contributed by atoms with Crippen LogP contribution in [-0.2, 0) is 4.79 Å². The number of nitrogens with zero attached hydrogens (tertiary/aromatic N) is 2. The lowest BCUT2D eigenvalue weighted by Crippen LogP contribution is -2.52. The number of carbonyl (C=O) groups excluding carboxylic acids is 1. The second kappa shape index (κ2) is 7.21. The third-order valence-electron chi connectivity index (χ3n) is 4.98. The monoisotopic (exact) mass is 317 g/mol. The van der Waals surface area contributed by atoms with Gasteiger partial charge < -0.3 is 20.3 Å². The highest BCUT2D eigenvalue weighted by Gasteiger charge is 2.34. The van der Waals surface area contributed by atoms with Gasteiger partial charge in [0.2, 0.25) is 5.91 Å². The summed E-state index contributed by atoms with van der Waals surface area (Å²) >= 11 is 0. The number of hydrogen-bond acceptors (Lipinski definition) is 4. The van der Waals surface area contributed by atoms with E-state index in [4.69, 9.17) is 10.5 Å². The maximum Gasteiger partial charge on any atom is 0.227 e. The number of amides is 1. The Morgan fingerprint density at radius 1 is 1.22 bits per heavy atom. The summed E-state index contributed by atoms with van der Waals surface area (Å²) in [6.07, 6.45) is 3.02. The number of piperazine rings is 1. The Kier molecular flexibility index (Phi) is 5.06. The summed E-state index contributed by atoms with van der Waals surface area (Å²) in [5.74, 6) is 1.22. The van der Waals surface area contributed by atoms with Crippen molar-refractivity contribution in [2.75, 3.05) is 37.7 Å². The van der Waals surface area contributed by atoms with E-state index in [-0.39, 0.29) is 17.9 Å². The molecule has 23 heavy (non-hydrogen) atoms. The molecule has 1 saturated carbocycles. The topological polar surface area (TPSA) is 58.8 Å². The van der Waals surface area contributed by atoms with Crippen LogP contribution in [0.1, 0.15) is 26.2 Å². The van der Waals surface area contributed by atoms with E-state index in [0.717, 1.165) is 56.9 Å². The number of anilines is 1. The minimum Gasteiger partial charge on any atom is -0.492 e. The molecule has 1 aromatic rings. The van der Waals surface area contributed by atoms with Gasteiger partial charge in [-0.25, -0.2) is 0 Å². The van der Waals surface area contributed by atoms with E-state index in [0.29, 0.717) is 6.61 Å². The van der Waals surface area contributed by atoms with Crippen LogP contribution in [0.2, 0.25) is 0 Å². The lowest BCUT2D eigenvalue weighted by Gasteiger charge is -2.38. The molecule has 2 atom stereocenters. The molecular formula is C18H27N3O2. The molecule has 2 fully saturated rings. The molecule has 0 aromatic heterocycles. The fourth-order valence-electron chi connectivity index (χ4n) is 3.69. The van der Waals surface area contributed by atoms with Gasteiger partial charge in [0, 0.05) is 32.2 Å². The Bertz CT molecular complexity index is 541. The van der Waals surface area contributed by atoms with Crippen molar-refractivity contribution < 1.29 is 9.53 Å². The molecule has 2 N–H and O–H groups in total. The summed E-state index contributed by atoms with van der Waals surface area (Å²) in [7, 11) is 0. The second-order valence-corrected chi connectivity index (χ2v) is 6.41. The number of para-hydroxylation sites is 2. The molecule has 2 unspecified atom stereocenters. The van der Waals surface area contributed by atoms with Crippen molar-refractivity contribution in [3.63, 3.8) is 0 Å². The van der Waals surface area contributed by atoms with Crippen LogP contribution in [0.15, 0.2) is 24.3 Å². The number of benzene rings is 1. The van der Waals surface area contributed by atoms with Gasteiger partial charge in [0.05, 0.1) is 18.2 Å². The Balaban J connectivity index is 1.61. The van der Waals surface area contributed by atoms with Gasteiger partial charge >= 0.3 is 0 Å². The van der Waals surface area contributed by atoms with E-state index in [1.165, 1.54) is 0 Å². The zero-order valence-electron chi connectivity index (χ0n) is 13.9. The van der Waals surface area contributed by atoms with Gasteiger partial charge in [0.1, 0.15) is 5.75 Å². The van der Waals surface area contributed by atoms with Gasteiger partial charge in [-0.05, 0) is 31.9 Å². The molecule has 3 rings (SSSR count). The Morgan fingerprint density at radius 3 is 2.61 bits per heavy atom. The minimum atomic E-state index is 0.0391. The van der Waals surface area contributed by atoms with Crippen LogP contribution in [0.5, 0.6) is 5.75 Å². The molecule has 2 aliphatic rings. The number of hydrogen-bond donors (Lipinski definition) is 1. The van der Waals surface area contributed by atoms with Gasteiger partial charge in [0.25, 0.3) is 0 Å². The molecule has 1 aliphatic carbocycles. The van der Waals surface area contributed by atoms with E-state index in [1.807, 2.05) is 30.0 Å². The maximum atomic E-state index is 12.6. The first kappa shape index (κ1) is 16.1. The van der Waals surface area contributed by atoms with Crippen LogP contribution < -0.4 is 15.4 Å². The third kappa shape index (κ3) is 3.44. The predicted molar refractivity (Wildman–Crippen MR) is 91.7 cm³/mol. The van der Waals surface area contributed by atoms with Gasteiger partial charge in [-0.15, -0.1) is 0 Å². The van der Waals surface area contributed by atoms with E-state index >= 15 is 0 Å². The SMILES string of the molecule is CCOc1ccccc1N1CCN(C(=O)C2CCCC2N)CC1. The van der Waals surface area contributed by atoms with Crippen molar-refractivity contribution in [3.05, 3.63) is 24.3 Å². The van der Waals surface area contributed by atoms with Gasteiger partial charge in [0.15, 0.2) is 0 Å². The fraction of sp³-hybridized carbons (Fsp3) is 0.611. The number of rotatable bonds is 4. The number of nitrogens with two attached hydrogens (primary N) is 1. The molecule has 1 aromatic carbocycles. The molecule has 1 aliphatic heterocycles. The first-order chi connectivity index (χ1) is 11.2. The molecule has 0 radical (unpaired) electrons. The van der Waals surface area contributed by atoms with Crippen molar-refractivity contribution in [1.82, 2.24) is 4.90 Å². The Labute approximate surface area is 138 Å². The highest BCUT2D eigenvalue weighted by atomic mass is 16.5. The Hall–Kier alpha value is -1.75. The smallest absolute Gasteiger partial charge is 0.227 e. The molecular weight excluding hydrogens is 290 g/mol. The summed E-state index contributed by atoms with van der Waals surface area (Å²) < 4.78 is 5.72. The van der Waals surface area contributed by atoms with Crippen LogP contribution >= 0.6 is 0 Å². The lowest BCUT2D eigenvalue weighted by atomic mass is 10.0. The minimum absolute atomic E-state index is 0.0391. The Morgan fingerprint density at radius 2 is 1.96 bits per heavy atom. The summed E-state index contributed by atoms with van der Waals surface area (Å²) in [6, 6.07) is 8.19. The predicted octanol–water partition coefficient (Wildman–Crippen LogP) is 1.86. The van der Waals surface area contributed by atoms with Crippen molar-refractivity contribution >= 4 is 11.6 Å². The molecule has 1 heterocycles. The highest BCUT2D eigenvalue weighted by molar-refractivity contribution is 5.80. The lowest BCUT2D eigenvalue weighted by molar-refractivity contribution is -0.136. The first-order valence-corrected chi connectivity index (χ1v) is 8.72. The summed E-state index contributed by atoms with van der Waals surface area (Å²) in [6.45, 7) is 5.88. The molecule has 1 amide bonds. The van der Waals surface area contributed by atoms with Crippen molar-refractivity contribution in [1.29, 1.82) is 0 Å². The average molecular weight is 317 g/mol. The molecule has 0 spiro atoms. The van der Waals surface area contributed by atoms with Crippen LogP contribution in [0, 0.1) is 5.92 Å². The third-order valence-corrected chi connectivity index (χ3v) is 4.98. The van der Waals surface area contributed by atoms with E-state index in [1.54, 1.807) is 0 Å². The number of ether oxygens (including phenoxy) is 1. The van der Waals surface area contributed by atoms with Crippen LogP contribution in [0.4, 0.5) is 5.69 Å². The van der Waals surface area contributed by atoms with Gasteiger partial charge in [-0.1, -0.05) is 18.6 Å². The molecule has 5 nitrogen and oxygen atoms in total. The summed E-state index contributed by atoms with van der Waals surface area (Å²) in [4.78, 5) is 16.9. The standard InChI is InChI=1S/C18H27N3O2/c1-2-23-17-9-4-3-8-16(17)20-10-12-21(13-11-20)18(22)14-6-5-7-15(14)19/h3-4,8-9,14-15H,2,5-7,10-13,19H2,1H3. The number of carbonyl (C=O) groups is 1. The molecule has 5 heteroatoms. The van der Waals surface area contributed by atoms with Crippen LogP contribution in [0.25, 0.3) is 0 Å². The summed E-state index contributed by atoms with van der Waals surface area (Å²) in [5.41, 5.74) is 7.21. The largest absolute Gasteiger partial charge is 0.492 e. The van der Waals surface area contributed by atoms with E-state index < -0.39 is 0 Å². The zero-order chi connectivity index (χ0) is 16.2. The average Bonchev–Trinajstić information content (AvgIpc) is 3.01. The molecule has 126 valence electrons. The highest BCUT2D eigenvalue weighted by Crippen LogP contribution is 2.30. The molecule has 1 saturated heterocycles. The van der Waals surface area contributed by atoms with Crippen LogP contribution in [-0.4, -0.2) is 49.6 Å². The first-order valence-electron chi connectivity index (χ1n) is 8.72. The van der Waals surface area contributed by atoms with Crippen molar-refractivity contribution in [2.24, 2.45) is 11.7 Å². The second-order valence-electron chi connectivity index (χ2n) is 6.41. The quantitative estimate of drug-likeness (QED) is 0.921. The maximum absolute atomic E-state index is 12.6. The van der Waals surface area contributed by atoms with E-state index in [2.05, 4.69) is 11.0 Å². The van der Waals surface area contributed by atoms with Crippen LogP contribution in [0.3, 0.4) is 0 Å². The van der Waals surface area contributed by atoms with Crippen molar-refractivity contribution in [2.45, 2.75) is 32.2 Å². The van der Waals surface area contributed by atoms with Gasteiger partial charge in [-0.3, -0.25) is 4.79 Å². The zero-order valence-corrected chi connectivity index (χ0v) is 13.9. The summed E-state index contributed by atoms with van der Waals surface area (Å²) in [5, 5.41) is 0. The normalized spacial score (nSPS) is 24.8. The van der Waals surface area contributed by atoms with Gasteiger partial charge in [-0.2, -0.15) is 0 Å².